The molecule has 0 bridgehead atoms. The van der Waals surface area contributed by atoms with Crippen molar-refractivity contribution in [1.82, 2.24) is 34.9 Å². The molecule has 0 spiro atoms. The van der Waals surface area contributed by atoms with Gasteiger partial charge in [-0.25, -0.2) is 4.98 Å². The van der Waals surface area contributed by atoms with E-state index >= 15 is 0 Å². The number of nitrogens with zero attached hydrogens (tertiary/aromatic N) is 6. The molecule has 2 fully saturated rings. The van der Waals surface area contributed by atoms with Crippen molar-refractivity contribution < 1.29 is 19.1 Å². The van der Waals surface area contributed by atoms with Crippen molar-refractivity contribution in [3.8, 4) is 5.75 Å². The summed E-state index contributed by atoms with van der Waals surface area (Å²) in [6, 6.07) is 13.2. The zero-order chi connectivity index (χ0) is 37.2. The molecule has 2 aliphatic rings. The third-order valence-electron chi connectivity index (χ3n) is 9.96. The van der Waals surface area contributed by atoms with Crippen LogP contribution in [0.1, 0.15) is 43.7 Å². The molecule has 5 heterocycles. The van der Waals surface area contributed by atoms with Crippen LogP contribution in [-0.2, 0) is 28.5 Å². The molecule has 53 heavy (non-hydrogen) atoms. The lowest BCUT2D eigenvalue weighted by atomic mass is 9.93. The van der Waals surface area contributed by atoms with Gasteiger partial charge in [-0.1, -0.05) is 11.6 Å². The molecule has 15 nitrogen and oxygen atoms in total. The van der Waals surface area contributed by atoms with Gasteiger partial charge in [0.05, 0.1) is 28.8 Å². The number of carbonyl (C=O) groups excluding carboxylic acids is 3. The summed E-state index contributed by atoms with van der Waals surface area (Å²) in [6.45, 7) is 2.16. The van der Waals surface area contributed by atoms with Crippen LogP contribution in [0.25, 0.3) is 21.8 Å². The van der Waals surface area contributed by atoms with E-state index in [1.807, 2.05) is 37.4 Å². The summed E-state index contributed by atoms with van der Waals surface area (Å²) in [4.78, 5) is 60.2. The Kier molecular flexibility index (Phi) is 10.2. The molecule has 2 atom stereocenters. The number of fused-ring (bicyclic) bond motifs is 2. The third-order valence-corrected chi connectivity index (χ3v) is 10.2. The van der Waals surface area contributed by atoms with E-state index in [1.165, 1.54) is 11.6 Å². The molecule has 0 unspecified atom stereocenters. The average Bonchev–Trinajstić information content (AvgIpc) is 3.48. The van der Waals surface area contributed by atoms with E-state index in [4.69, 9.17) is 21.3 Å². The minimum absolute atomic E-state index is 0.0769. The van der Waals surface area contributed by atoms with Crippen LogP contribution < -0.4 is 36.5 Å². The van der Waals surface area contributed by atoms with Gasteiger partial charge in [0.15, 0.2) is 18.2 Å². The number of halogens is 1. The highest BCUT2D eigenvalue weighted by Crippen LogP contribution is 2.33. The summed E-state index contributed by atoms with van der Waals surface area (Å²) in [5.41, 5.74) is 3.67. The van der Waals surface area contributed by atoms with Crippen LogP contribution in [0.2, 0.25) is 5.02 Å². The lowest BCUT2D eigenvalue weighted by Gasteiger charge is -2.33. The zero-order valence-electron chi connectivity index (χ0n) is 29.7. The van der Waals surface area contributed by atoms with Crippen molar-refractivity contribution in [3.05, 3.63) is 69.7 Å². The number of aromatic nitrogens is 5. The summed E-state index contributed by atoms with van der Waals surface area (Å²) in [7, 11) is 5.03. The number of carbonyl (C=O) groups is 3. The number of hydrogen-bond acceptors (Lipinski definition) is 11. The molecular formula is C37H41ClN10O5. The Labute approximate surface area is 310 Å². The fourth-order valence-corrected chi connectivity index (χ4v) is 7.23. The Bertz CT molecular complexity index is 2290. The van der Waals surface area contributed by atoms with Crippen molar-refractivity contribution >= 4 is 74.3 Å². The number of hydrogen-bond donors (Lipinski definition) is 4. The topological polar surface area (TPSA) is 177 Å². The molecule has 3 aromatic heterocycles. The fraction of sp³-hybridized carbons (Fsp3) is 0.378. The maximum Gasteiger partial charge on any atom is 0.293 e. The molecule has 276 valence electrons. The Morgan fingerprint density at radius 2 is 1.89 bits per heavy atom. The second-order valence-corrected chi connectivity index (χ2v) is 13.9. The second kappa shape index (κ2) is 15.1. The van der Waals surface area contributed by atoms with Crippen LogP contribution in [0.4, 0.5) is 23.1 Å². The first-order chi connectivity index (χ1) is 25.6. The van der Waals surface area contributed by atoms with E-state index < -0.39 is 5.92 Å². The minimum Gasteiger partial charge on any atom is -0.478 e. The molecule has 4 N–H and O–H groups in total. The highest BCUT2D eigenvalue weighted by molar-refractivity contribution is 6.33. The standard InChI is InChI=1S/C37H41ClN10O5/c1-39-32(50)20-53-30-16-22-15-24(7-10-28(22)46(2)36(30)52)42-34-27(38)18-41-37(44-34)48-14-4-5-21(19-48)12-13-40-23-6-8-25-29(17-23)47(3)45-33(25)26-9-11-31(49)43-35(26)51/h6-8,10,15-18,21,26,40H,4-5,9,11-14,19-20H2,1-3H3,(H,39,50)(H,41,42,44)(H,43,49,51)/t21-,26-/m1/s1. The SMILES string of the molecule is CNC(=O)COc1cc2cc(Nc3nc(N4CCC[C@H](CCNc5ccc6c([C@H]7CCC(=O)NC7=O)nn(C)c6c5)C4)ncc3Cl)ccc2n(C)c1=O. The van der Waals surface area contributed by atoms with Gasteiger partial charge in [0.25, 0.3) is 11.5 Å². The number of benzene rings is 2. The molecule has 7 rings (SSSR count). The number of amides is 3. The van der Waals surface area contributed by atoms with Crippen molar-refractivity contribution in [3.63, 3.8) is 0 Å². The maximum atomic E-state index is 12.8. The second-order valence-electron chi connectivity index (χ2n) is 13.5. The first-order valence-electron chi connectivity index (χ1n) is 17.6. The van der Waals surface area contributed by atoms with E-state index in [1.54, 1.807) is 24.0 Å². The van der Waals surface area contributed by atoms with Gasteiger partial charge >= 0.3 is 0 Å². The van der Waals surface area contributed by atoms with E-state index in [-0.39, 0.29) is 35.6 Å². The molecule has 5 aromatic rings. The smallest absolute Gasteiger partial charge is 0.293 e. The van der Waals surface area contributed by atoms with Crippen molar-refractivity contribution in [2.45, 2.75) is 38.0 Å². The summed E-state index contributed by atoms with van der Waals surface area (Å²) in [5, 5.41) is 18.5. The molecule has 0 radical (unpaired) electrons. The van der Waals surface area contributed by atoms with Crippen LogP contribution in [0.5, 0.6) is 5.75 Å². The monoisotopic (exact) mass is 740 g/mol. The predicted octanol–water partition coefficient (Wildman–Crippen LogP) is 3.98. The Balaban J connectivity index is 0.987. The number of anilines is 4. The van der Waals surface area contributed by atoms with E-state index in [0.29, 0.717) is 52.4 Å². The Hall–Kier alpha value is -5.70. The molecule has 16 heteroatoms. The number of aryl methyl sites for hydroxylation is 2. The van der Waals surface area contributed by atoms with Gasteiger partial charge in [-0.05, 0) is 74.1 Å². The van der Waals surface area contributed by atoms with Crippen LogP contribution in [0.3, 0.4) is 0 Å². The molecule has 3 amide bonds. The van der Waals surface area contributed by atoms with Crippen molar-refractivity contribution in [2.75, 3.05) is 48.8 Å². The van der Waals surface area contributed by atoms with Crippen molar-refractivity contribution in [2.24, 2.45) is 20.0 Å². The average molecular weight is 741 g/mol. The number of rotatable bonds is 11. The molecule has 2 aromatic carbocycles. The largest absolute Gasteiger partial charge is 0.478 e. The number of imide groups is 1. The number of piperidine rings is 2. The summed E-state index contributed by atoms with van der Waals surface area (Å²) in [6.07, 6.45) is 5.44. The first-order valence-corrected chi connectivity index (χ1v) is 18.0. The van der Waals surface area contributed by atoms with E-state index in [9.17, 15) is 19.2 Å². The van der Waals surface area contributed by atoms with E-state index in [0.717, 1.165) is 60.9 Å². The number of nitrogens with one attached hydrogen (secondary N) is 4. The Morgan fingerprint density at radius 3 is 2.70 bits per heavy atom. The lowest BCUT2D eigenvalue weighted by Crippen LogP contribution is -2.39. The lowest BCUT2D eigenvalue weighted by molar-refractivity contribution is -0.134. The highest BCUT2D eigenvalue weighted by Gasteiger charge is 2.31. The number of pyridine rings is 1. The molecule has 0 saturated carbocycles. The number of likely N-dealkylation sites (N-methyl/N-ethyl adjacent to an activating group) is 1. The van der Waals surface area contributed by atoms with Gasteiger partial charge in [0.1, 0.15) is 5.02 Å². The number of ether oxygens (including phenoxy) is 1. The van der Waals surface area contributed by atoms with Gasteiger partial charge in [-0.2, -0.15) is 10.1 Å². The predicted molar refractivity (Wildman–Crippen MR) is 203 cm³/mol. The zero-order valence-corrected chi connectivity index (χ0v) is 30.5. The minimum atomic E-state index is -0.436. The Morgan fingerprint density at radius 1 is 1.06 bits per heavy atom. The van der Waals surface area contributed by atoms with Crippen LogP contribution in [0.15, 0.2) is 53.5 Å². The quantitative estimate of drug-likeness (QED) is 0.144. The molecule has 0 aliphatic carbocycles. The maximum absolute atomic E-state index is 12.8. The van der Waals surface area contributed by atoms with Gasteiger partial charge in [0.2, 0.25) is 17.8 Å². The molecular weight excluding hydrogens is 700 g/mol. The normalized spacial score (nSPS) is 17.5. The van der Waals surface area contributed by atoms with Gasteiger partial charge in [0, 0.05) is 69.3 Å². The van der Waals surface area contributed by atoms with Gasteiger partial charge in [-0.3, -0.25) is 29.2 Å². The first kappa shape index (κ1) is 35.7. The van der Waals surface area contributed by atoms with Gasteiger partial charge in [-0.15, -0.1) is 0 Å². The fourth-order valence-electron chi connectivity index (χ4n) is 7.09. The highest BCUT2D eigenvalue weighted by atomic mass is 35.5. The molecule has 2 saturated heterocycles. The molecule has 2 aliphatic heterocycles. The summed E-state index contributed by atoms with van der Waals surface area (Å²) >= 11 is 6.56. The van der Waals surface area contributed by atoms with Gasteiger partial charge < -0.3 is 30.2 Å². The van der Waals surface area contributed by atoms with Crippen molar-refractivity contribution in [1.29, 1.82) is 0 Å². The van der Waals surface area contributed by atoms with Crippen LogP contribution >= 0.6 is 11.6 Å². The van der Waals surface area contributed by atoms with Crippen LogP contribution in [0, 0.1) is 5.92 Å². The third kappa shape index (κ3) is 7.61. The summed E-state index contributed by atoms with van der Waals surface area (Å²) in [5.74, 6) is 0.267. The summed E-state index contributed by atoms with van der Waals surface area (Å²) < 4.78 is 8.77. The van der Waals surface area contributed by atoms with Crippen LogP contribution in [-0.4, -0.2) is 75.3 Å². The van der Waals surface area contributed by atoms with E-state index in [2.05, 4.69) is 42.3 Å².